The molecule has 0 saturated carbocycles. The average Bonchev–Trinajstić information content (AvgIpc) is 2.48. The van der Waals surface area contributed by atoms with Crippen molar-refractivity contribution < 1.29 is 12.6 Å². The normalized spacial score (nSPS) is 11.0. The molecular formula is C16H15NO3S2. The number of aryl methyl sites for hydroxylation is 1. The van der Waals surface area contributed by atoms with Crippen LogP contribution in [0.2, 0.25) is 0 Å². The second-order valence-corrected chi connectivity index (χ2v) is 6.38. The zero-order valence-electron chi connectivity index (χ0n) is 12.2. The lowest BCUT2D eigenvalue weighted by atomic mass is 10.0. The van der Waals surface area contributed by atoms with E-state index < -0.39 is 10.1 Å². The quantitative estimate of drug-likeness (QED) is 0.469. The molecule has 0 fully saturated rings. The first-order chi connectivity index (χ1) is 10.5. The molecule has 0 atom stereocenters. The van der Waals surface area contributed by atoms with Crippen molar-refractivity contribution in [2.75, 3.05) is 6.61 Å². The van der Waals surface area contributed by atoms with Crippen LogP contribution in [0.25, 0.3) is 11.1 Å². The van der Waals surface area contributed by atoms with Gasteiger partial charge in [0.2, 0.25) is 0 Å². The highest BCUT2D eigenvalue weighted by Gasteiger charge is 2.20. The Balaban J connectivity index is 2.59. The number of thiocarbonyl (C=S) groups is 1. The molecule has 0 spiro atoms. The highest BCUT2D eigenvalue weighted by molar-refractivity contribution is 7.87. The van der Waals surface area contributed by atoms with Crippen molar-refractivity contribution in [3.05, 3.63) is 48.0 Å². The Morgan fingerprint density at radius 1 is 1.18 bits per heavy atom. The molecule has 0 amide bonds. The van der Waals surface area contributed by atoms with Crippen LogP contribution in [-0.2, 0) is 14.3 Å². The molecular weight excluding hydrogens is 318 g/mol. The maximum atomic E-state index is 12.2. The third-order valence-corrected chi connectivity index (χ3v) is 4.56. The van der Waals surface area contributed by atoms with Crippen LogP contribution < -0.4 is 0 Å². The van der Waals surface area contributed by atoms with E-state index in [-0.39, 0.29) is 11.5 Å². The van der Waals surface area contributed by atoms with Gasteiger partial charge in [0.15, 0.2) is 0 Å². The van der Waals surface area contributed by atoms with Gasteiger partial charge in [0.05, 0.1) is 17.5 Å². The van der Waals surface area contributed by atoms with Crippen molar-refractivity contribution in [3.8, 4) is 11.1 Å². The molecule has 22 heavy (non-hydrogen) atoms. The first-order valence-corrected chi connectivity index (χ1v) is 8.48. The maximum absolute atomic E-state index is 12.2. The van der Waals surface area contributed by atoms with Gasteiger partial charge in [-0.3, -0.25) is 4.18 Å². The Bertz CT molecular complexity index is 821. The summed E-state index contributed by atoms with van der Waals surface area (Å²) in [4.78, 5) is 4.04. The Morgan fingerprint density at radius 2 is 1.86 bits per heavy atom. The van der Waals surface area contributed by atoms with Crippen LogP contribution in [0.15, 0.2) is 52.4 Å². The van der Waals surface area contributed by atoms with E-state index in [9.17, 15) is 8.42 Å². The predicted molar refractivity (Wildman–Crippen MR) is 90.1 cm³/mol. The largest absolute Gasteiger partial charge is 0.297 e. The fourth-order valence-corrected chi connectivity index (χ4v) is 3.30. The van der Waals surface area contributed by atoms with Crippen molar-refractivity contribution >= 4 is 33.2 Å². The molecule has 114 valence electrons. The summed E-state index contributed by atoms with van der Waals surface area (Å²) in [5, 5.41) is 2.30. The summed E-state index contributed by atoms with van der Waals surface area (Å²) in [5.74, 6) is 0. The van der Waals surface area contributed by atoms with Crippen LogP contribution in [0.5, 0.6) is 0 Å². The lowest BCUT2D eigenvalue weighted by molar-refractivity contribution is 0.338. The average molecular weight is 333 g/mol. The number of hydrogen-bond donors (Lipinski definition) is 0. The second kappa shape index (κ2) is 6.94. The van der Waals surface area contributed by atoms with Gasteiger partial charge in [-0.25, -0.2) is 0 Å². The lowest BCUT2D eigenvalue weighted by Gasteiger charge is -2.11. The van der Waals surface area contributed by atoms with Crippen LogP contribution in [0.3, 0.4) is 0 Å². The minimum Gasteiger partial charge on any atom is -0.267 e. The van der Waals surface area contributed by atoms with Gasteiger partial charge < -0.3 is 0 Å². The molecule has 0 aliphatic carbocycles. The summed E-state index contributed by atoms with van der Waals surface area (Å²) in [5.41, 5.74) is 3.00. The maximum Gasteiger partial charge on any atom is 0.297 e. The van der Waals surface area contributed by atoms with Gasteiger partial charge in [-0.1, -0.05) is 29.8 Å². The number of isothiocyanates is 1. The molecule has 2 aromatic rings. The van der Waals surface area contributed by atoms with Gasteiger partial charge in [0, 0.05) is 5.56 Å². The van der Waals surface area contributed by atoms with Gasteiger partial charge in [0.25, 0.3) is 10.1 Å². The van der Waals surface area contributed by atoms with Crippen molar-refractivity contribution in [2.45, 2.75) is 18.7 Å². The second-order valence-electron chi connectivity index (χ2n) is 4.61. The van der Waals surface area contributed by atoms with Gasteiger partial charge in [0.1, 0.15) is 4.90 Å². The summed E-state index contributed by atoms with van der Waals surface area (Å²) in [7, 11) is -3.78. The van der Waals surface area contributed by atoms with E-state index in [4.69, 9.17) is 4.18 Å². The van der Waals surface area contributed by atoms with Crippen LogP contribution in [0.1, 0.15) is 12.5 Å². The molecule has 0 bridgehead atoms. The van der Waals surface area contributed by atoms with Gasteiger partial charge in [-0.15, -0.1) is 0 Å². The molecule has 2 rings (SSSR count). The summed E-state index contributed by atoms with van der Waals surface area (Å²) in [6.45, 7) is 3.65. The topological polar surface area (TPSA) is 55.7 Å². The predicted octanol–water partition coefficient (Wildman–Crippen LogP) is 4.12. The molecule has 0 unspecified atom stereocenters. The Morgan fingerprint density at radius 3 is 2.45 bits per heavy atom. The number of rotatable bonds is 5. The van der Waals surface area contributed by atoms with E-state index in [2.05, 4.69) is 22.4 Å². The molecule has 0 heterocycles. The Hall–Kier alpha value is -1.85. The zero-order chi connectivity index (χ0) is 16.2. The molecule has 0 aliphatic rings. The van der Waals surface area contributed by atoms with E-state index in [0.29, 0.717) is 11.3 Å². The highest BCUT2D eigenvalue weighted by Crippen LogP contribution is 2.30. The van der Waals surface area contributed by atoms with Crippen molar-refractivity contribution in [3.63, 3.8) is 0 Å². The van der Waals surface area contributed by atoms with E-state index in [1.54, 1.807) is 43.3 Å². The van der Waals surface area contributed by atoms with E-state index >= 15 is 0 Å². The smallest absolute Gasteiger partial charge is 0.267 e. The summed E-state index contributed by atoms with van der Waals surface area (Å²) < 4.78 is 29.4. The first-order valence-electron chi connectivity index (χ1n) is 6.66. The van der Waals surface area contributed by atoms with Crippen LogP contribution in [-0.4, -0.2) is 20.2 Å². The molecule has 2 aromatic carbocycles. The third kappa shape index (κ3) is 3.67. The van der Waals surface area contributed by atoms with E-state index in [1.165, 1.54) is 0 Å². The molecule has 0 radical (unpaired) electrons. The van der Waals surface area contributed by atoms with Gasteiger partial charge in [-0.2, -0.15) is 13.4 Å². The van der Waals surface area contributed by atoms with E-state index in [0.717, 1.165) is 11.1 Å². The van der Waals surface area contributed by atoms with Gasteiger partial charge >= 0.3 is 0 Å². The first kappa shape index (κ1) is 16.5. The minimum atomic E-state index is -3.78. The fraction of sp³-hybridized carbons (Fsp3) is 0.188. The van der Waals surface area contributed by atoms with Crippen LogP contribution >= 0.6 is 12.2 Å². The Kier molecular flexibility index (Phi) is 5.21. The van der Waals surface area contributed by atoms with Crippen LogP contribution in [0.4, 0.5) is 5.69 Å². The molecule has 0 aromatic heterocycles. The van der Waals surface area contributed by atoms with Crippen molar-refractivity contribution in [1.82, 2.24) is 0 Å². The minimum absolute atomic E-state index is 0.0952. The summed E-state index contributed by atoms with van der Waals surface area (Å²) in [6.07, 6.45) is 0. The van der Waals surface area contributed by atoms with Gasteiger partial charge in [-0.05, 0) is 49.8 Å². The zero-order valence-corrected chi connectivity index (χ0v) is 13.9. The SMILES string of the molecule is CCOS(=O)(=O)c1ccc(C)cc1-c1ccc(N=C=S)cc1. The highest BCUT2D eigenvalue weighted by atomic mass is 32.2. The Labute approximate surface area is 135 Å². The standard InChI is InChI=1S/C16H15NO3S2/c1-3-20-22(18,19)16-9-4-12(2)10-15(16)13-5-7-14(8-6-13)17-11-21/h4-10H,3H2,1-2H3. The number of hydrogen-bond acceptors (Lipinski definition) is 5. The lowest BCUT2D eigenvalue weighted by Crippen LogP contribution is -2.07. The third-order valence-electron chi connectivity index (χ3n) is 3.03. The molecule has 0 aliphatic heterocycles. The van der Waals surface area contributed by atoms with E-state index in [1.807, 2.05) is 13.0 Å². The molecule has 0 N–H and O–H groups in total. The van der Waals surface area contributed by atoms with Crippen LogP contribution in [0, 0.1) is 6.92 Å². The molecule has 0 saturated heterocycles. The monoisotopic (exact) mass is 333 g/mol. The number of aliphatic imine (C=N–C) groups is 1. The molecule has 4 nitrogen and oxygen atoms in total. The number of nitrogens with zero attached hydrogens (tertiary/aromatic N) is 1. The number of benzene rings is 2. The summed E-state index contributed by atoms with van der Waals surface area (Å²) >= 11 is 4.56. The molecule has 6 heteroatoms. The van der Waals surface area contributed by atoms with Crippen molar-refractivity contribution in [1.29, 1.82) is 0 Å². The summed E-state index contributed by atoms with van der Waals surface area (Å²) in [6, 6.07) is 12.3. The fourth-order valence-electron chi connectivity index (χ4n) is 2.07. The van der Waals surface area contributed by atoms with Crippen molar-refractivity contribution in [2.24, 2.45) is 4.99 Å².